The second kappa shape index (κ2) is 2.35. The first-order valence-corrected chi connectivity index (χ1v) is 2.48. The van der Waals surface area contributed by atoms with Crippen LogP contribution in [-0.2, 0) is 4.79 Å². The van der Waals surface area contributed by atoms with E-state index in [9.17, 15) is 4.79 Å². The molecule has 2 radical (unpaired) electrons. The lowest BCUT2D eigenvalue weighted by atomic mass is 10.2. The fourth-order valence-electron chi connectivity index (χ4n) is 0.500. The zero-order chi connectivity index (χ0) is 6.69. The second-order valence-electron chi connectivity index (χ2n) is 1.59. The quantitative estimate of drug-likeness (QED) is 0.495. The minimum atomic E-state index is -0.430. The zero-order valence-electron chi connectivity index (χ0n) is 4.72. The number of hydrogen-bond donors (Lipinski definition) is 2. The molecule has 3 nitrogen and oxygen atoms in total. The largest absolute Gasteiger partial charge is 0.377 e. The summed E-state index contributed by atoms with van der Waals surface area (Å²) in [7, 11) is 0. The number of carbonyl (C=O) groups is 1. The molecule has 0 aliphatic carbocycles. The number of nitrogens with one attached hydrogen (secondary N) is 1. The molecule has 1 amide bonds. The molecule has 9 heavy (non-hydrogen) atoms. The van der Waals surface area contributed by atoms with Crippen LogP contribution in [-0.4, -0.2) is 5.91 Å². The summed E-state index contributed by atoms with van der Waals surface area (Å²) in [6.45, 7) is 2.62. The Morgan fingerprint density at radius 1 is 1.78 bits per heavy atom. The molecular formula is C6H6N2O. The van der Waals surface area contributed by atoms with Gasteiger partial charge in [0.15, 0.2) is 0 Å². The number of primary amides is 1. The lowest BCUT2D eigenvalue weighted by molar-refractivity contribution is -0.114. The third kappa shape index (κ3) is 1.32. The summed E-state index contributed by atoms with van der Waals surface area (Å²) in [6, 6.07) is 0. The van der Waals surface area contributed by atoms with E-state index in [-0.39, 0.29) is 0 Å². The van der Waals surface area contributed by atoms with E-state index in [1.54, 1.807) is 12.3 Å². The lowest BCUT2D eigenvalue weighted by Gasteiger charge is -2.01. The first-order chi connectivity index (χ1) is 4.30. The summed E-state index contributed by atoms with van der Waals surface area (Å²) < 4.78 is 0. The fourth-order valence-corrected chi connectivity index (χ4v) is 0.500. The molecule has 1 aliphatic rings. The first kappa shape index (κ1) is 5.88. The van der Waals surface area contributed by atoms with Gasteiger partial charge in [-0.1, -0.05) is 0 Å². The molecule has 0 saturated heterocycles. The van der Waals surface area contributed by atoms with E-state index in [0.717, 1.165) is 0 Å². The van der Waals surface area contributed by atoms with Crippen molar-refractivity contribution in [1.29, 1.82) is 0 Å². The molecule has 0 spiro atoms. The van der Waals surface area contributed by atoms with Crippen molar-refractivity contribution in [3.05, 3.63) is 30.5 Å². The first-order valence-electron chi connectivity index (χ1n) is 2.48. The van der Waals surface area contributed by atoms with Crippen LogP contribution in [0.2, 0.25) is 0 Å². The lowest BCUT2D eigenvalue weighted by Crippen LogP contribution is -2.16. The number of rotatable bonds is 1. The summed E-state index contributed by atoms with van der Waals surface area (Å²) in [6.07, 6.45) is 4.70. The highest BCUT2D eigenvalue weighted by Gasteiger charge is 2.01. The van der Waals surface area contributed by atoms with E-state index in [0.29, 0.717) is 5.57 Å². The van der Waals surface area contributed by atoms with E-state index in [2.05, 4.69) is 11.9 Å². The highest BCUT2D eigenvalue weighted by molar-refractivity contribution is 5.95. The van der Waals surface area contributed by atoms with Crippen LogP contribution in [0.25, 0.3) is 0 Å². The van der Waals surface area contributed by atoms with Gasteiger partial charge in [0.05, 0.1) is 0 Å². The van der Waals surface area contributed by atoms with Crippen LogP contribution in [0, 0.1) is 6.54 Å². The topological polar surface area (TPSA) is 55.1 Å². The Kier molecular flexibility index (Phi) is 1.53. The van der Waals surface area contributed by atoms with Gasteiger partial charge in [0.2, 0.25) is 5.91 Å². The SMILES string of the molecule is NC(=O)C1=C[C]NC=C1. The maximum Gasteiger partial charge on any atom is 0.248 e. The Bertz CT molecular complexity index is 181. The van der Waals surface area contributed by atoms with Crippen LogP contribution in [0.4, 0.5) is 0 Å². The van der Waals surface area contributed by atoms with E-state index in [1.165, 1.54) is 6.08 Å². The van der Waals surface area contributed by atoms with Gasteiger partial charge in [0.1, 0.15) is 6.54 Å². The van der Waals surface area contributed by atoms with Gasteiger partial charge in [-0.05, 0) is 18.4 Å². The number of carbonyl (C=O) groups excluding carboxylic acids is 1. The maximum absolute atomic E-state index is 10.4. The van der Waals surface area contributed by atoms with Crippen molar-refractivity contribution in [2.75, 3.05) is 0 Å². The van der Waals surface area contributed by atoms with Crippen molar-refractivity contribution in [3.63, 3.8) is 0 Å². The molecule has 0 unspecified atom stereocenters. The molecular weight excluding hydrogens is 116 g/mol. The standard InChI is InChI=1S/C6H6N2O/c7-6(9)5-1-3-8-4-2-5/h1-3,8H,(H2,7,9). The van der Waals surface area contributed by atoms with E-state index in [1.807, 2.05) is 0 Å². The molecule has 0 aromatic carbocycles. The average Bonchev–Trinajstić information content (AvgIpc) is 1.90. The Labute approximate surface area is 53.2 Å². The zero-order valence-corrected chi connectivity index (χ0v) is 4.72. The second-order valence-corrected chi connectivity index (χ2v) is 1.59. The van der Waals surface area contributed by atoms with E-state index < -0.39 is 5.91 Å². The van der Waals surface area contributed by atoms with Crippen molar-refractivity contribution in [1.82, 2.24) is 5.32 Å². The molecule has 0 bridgehead atoms. The van der Waals surface area contributed by atoms with Crippen molar-refractivity contribution < 1.29 is 4.79 Å². The molecule has 1 rings (SSSR count). The summed E-state index contributed by atoms with van der Waals surface area (Å²) in [5.74, 6) is -0.430. The summed E-state index contributed by atoms with van der Waals surface area (Å²) in [5, 5.41) is 2.65. The minimum absolute atomic E-state index is 0.430. The van der Waals surface area contributed by atoms with Crippen molar-refractivity contribution in [2.45, 2.75) is 0 Å². The highest BCUT2D eigenvalue weighted by Crippen LogP contribution is 1.99. The van der Waals surface area contributed by atoms with Crippen LogP contribution >= 0.6 is 0 Å². The van der Waals surface area contributed by atoms with Gasteiger partial charge in [0, 0.05) is 5.57 Å². The predicted molar refractivity (Wildman–Crippen MR) is 32.8 cm³/mol. The number of amides is 1. The smallest absolute Gasteiger partial charge is 0.248 e. The number of nitrogens with two attached hydrogens (primary N) is 1. The highest BCUT2D eigenvalue weighted by atomic mass is 16.1. The minimum Gasteiger partial charge on any atom is -0.377 e. The maximum atomic E-state index is 10.4. The third-order valence-corrected chi connectivity index (χ3v) is 0.942. The van der Waals surface area contributed by atoms with E-state index in [4.69, 9.17) is 5.73 Å². The fraction of sp³-hybridized carbons (Fsp3) is 0. The van der Waals surface area contributed by atoms with Crippen LogP contribution in [0.5, 0.6) is 0 Å². The number of hydrogen-bond acceptors (Lipinski definition) is 2. The van der Waals surface area contributed by atoms with Crippen LogP contribution in [0.15, 0.2) is 23.9 Å². The molecule has 0 fully saturated rings. The third-order valence-electron chi connectivity index (χ3n) is 0.942. The Morgan fingerprint density at radius 2 is 2.56 bits per heavy atom. The Morgan fingerprint density at radius 3 is 2.89 bits per heavy atom. The van der Waals surface area contributed by atoms with Gasteiger partial charge in [-0.25, -0.2) is 0 Å². The van der Waals surface area contributed by atoms with Gasteiger partial charge in [0.25, 0.3) is 0 Å². The van der Waals surface area contributed by atoms with Crippen molar-refractivity contribution >= 4 is 5.91 Å². The molecule has 0 aromatic heterocycles. The Balaban J connectivity index is 2.69. The van der Waals surface area contributed by atoms with Gasteiger partial charge in [-0.2, -0.15) is 0 Å². The van der Waals surface area contributed by atoms with Gasteiger partial charge < -0.3 is 11.1 Å². The van der Waals surface area contributed by atoms with Gasteiger partial charge >= 0.3 is 0 Å². The van der Waals surface area contributed by atoms with Gasteiger partial charge in [-0.15, -0.1) is 0 Å². The van der Waals surface area contributed by atoms with Gasteiger partial charge in [-0.3, -0.25) is 4.79 Å². The van der Waals surface area contributed by atoms with Crippen molar-refractivity contribution in [2.24, 2.45) is 5.73 Å². The van der Waals surface area contributed by atoms with Crippen LogP contribution in [0.3, 0.4) is 0 Å². The summed E-state index contributed by atoms with van der Waals surface area (Å²) >= 11 is 0. The molecule has 0 aromatic rings. The number of dihydropyridines is 1. The monoisotopic (exact) mass is 122 g/mol. The normalized spacial score (nSPS) is 16.2. The molecule has 46 valence electrons. The molecule has 3 N–H and O–H groups in total. The molecule has 1 heterocycles. The summed E-state index contributed by atoms with van der Waals surface area (Å²) in [5.41, 5.74) is 5.41. The summed E-state index contributed by atoms with van der Waals surface area (Å²) in [4.78, 5) is 10.4. The molecule has 0 atom stereocenters. The van der Waals surface area contributed by atoms with Crippen LogP contribution in [0.1, 0.15) is 0 Å². The van der Waals surface area contributed by atoms with Crippen molar-refractivity contribution in [3.8, 4) is 0 Å². The van der Waals surface area contributed by atoms with E-state index >= 15 is 0 Å². The molecule has 0 saturated carbocycles. The molecule has 3 heteroatoms. The Hall–Kier alpha value is -1.25. The average molecular weight is 122 g/mol. The van der Waals surface area contributed by atoms with Crippen LogP contribution < -0.4 is 11.1 Å². The molecule has 1 aliphatic heterocycles. The predicted octanol–water partition coefficient (Wildman–Crippen LogP) is -0.446.